The summed E-state index contributed by atoms with van der Waals surface area (Å²) in [7, 11) is 2.13. The molecule has 2 amide bonds. The van der Waals surface area contributed by atoms with Crippen LogP contribution in [-0.2, 0) is 0 Å². The highest BCUT2D eigenvalue weighted by atomic mass is 35.5. The molecule has 1 fully saturated rings. The first-order chi connectivity index (χ1) is 16.8. The number of nitrogens with one attached hydrogen (secondary N) is 2. The van der Waals surface area contributed by atoms with Crippen molar-refractivity contribution < 1.29 is 9.18 Å². The highest BCUT2D eigenvalue weighted by Crippen LogP contribution is 2.34. The molecule has 3 aromatic carbocycles. The summed E-state index contributed by atoms with van der Waals surface area (Å²) in [4.78, 5) is 15.0. The maximum atomic E-state index is 13.6. The third-order valence-electron chi connectivity index (χ3n) is 6.53. The molecule has 1 unspecified atom stereocenters. The second-order valence-electron chi connectivity index (χ2n) is 8.99. The van der Waals surface area contributed by atoms with Gasteiger partial charge in [0.05, 0.1) is 5.02 Å². The molecule has 4 nitrogen and oxygen atoms in total. The van der Waals surface area contributed by atoms with Crippen molar-refractivity contribution in [3.05, 3.63) is 87.1 Å². The van der Waals surface area contributed by atoms with Crippen LogP contribution in [0.4, 0.5) is 14.9 Å². The Morgan fingerprint density at radius 3 is 2.23 bits per heavy atom. The zero-order chi connectivity index (χ0) is 24.9. The van der Waals surface area contributed by atoms with E-state index < -0.39 is 5.82 Å². The lowest BCUT2D eigenvalue weighted by atomic mass is 9.79. The van der Waals surface area contributed by atoms with Gasteiger partial charge in [-0.25, -0.2) is 9.18 Å². The zero-order valence-corrected chi connectivity index (χ0v) is 21.6. The first-order valence-corrected chi connectivity index (χ1v) is 12.7. The molecule has 0 radical (unpaired) electrons. The third kappa shape index (κ3) is 6.89. The van der Waals surface area contributed by atoms with E-state index in [2.05, 4.69) is 34.7 Å². The van der Waals surface area contributed by atoms with Crippen LogP contribution in [-0.4, -0.2) is 37.6 Å². The number of piperidine rings is 1. The average Bonchev–Trinajstić information content (AvgIpc) is 2.82. The molecule has 8 heteroatoms. The number of hydrogen-bond acceptors (Lipinski definition) is 2. The Kier molecular flexibility index (Phi) is 8.55. The van der Waals surface area contributed by atoms with Gasteiger partial charge in [-0.15, -0.1) is 0 Å². The van der Waals surface area contributed by atoms with Gasteiger partial charge < -0.3 is 15.5 Å². The van der Waals surface area contributed by atoms with Crippen LogP contribution in [0.2, 0.25) is 15.1 Å². The lowest BCUT2D eigenvalue weighted by Crippen LogP contribution is -2.38. The Morgan fingerprint density at radius 2 is 1.60 bits per heavy atom. The number of amides is 2. The van der Waals surface area contributed by atoms with Gasteiger partial charge in [-0.3, -0.25) is 0 Å². The monoisotopic (exact) mass is 533 g/mol. The van der Waals surface area contributed by atoms with Crippen LogP contribution in [0.15, 0.2) is 60.7 Å². The lowest BCUT2D eigenvalue weighted by molar-refractivity contribution is 0.195. The third-order valence-corrected chi connectivity index (χ3v) is 7.25. The van der Waals surface area contributed by atoms with Gasteiger partial charge in [-0.05, 0) is 85.9 Å². The van der Waals surface area contributed by atoms with Crippen LogP contribution in [0.25, 0.3) is 11.1 Å². The normalized spacial score (nSPS) is 15.6. The quantitative estimate of drug-likeness (QED) is 0.340. The molecule has 3 aromatic rings. The summed E-state index contributed by atoms with van der Waals surface area (Å²) in [6.45, 7) is 2.55. The van der Waals surface area contributed by atoms with Crippen molar-refractivity contribution >= 4 is 46.5 Å². The Labute approximate surface area is 220 Å². The number of rotatable bonds is 6. The number of carbonyl (C=O) groups is 1. The number of carbonyl (C=O) groups excluding carboxylic acids is 1. The summed E-state index contributed by atoms with van der Waals surface area (Å²) in [5, 5.41) is 6.86. The van der Waals surface area contributed by atoms with Crippen molar-refractivity contribution in [3.63, 3.8) is 0 Å². The predicted molar refractivity (Wildman–Crippen MR) is 143 cm³/mol. The molecular formula is C27H27Cl3FN3O. The van der Waals surface area contributed by atoms with Gasteiger partial charge in [-0.1, -0.05) is 65.1 Å². The maximum Gasteiger partial charge on any atom is 0.319 e. The van der Waals surface area contributed by atoms with Gasteiger partial charge in [0, 0.05) is 28.2 Å². The molecule has 0 spiro atoms. The Balaban J connectivity index is 1.49. The lowest BCUT2D eigenvalue weighted by Gasteiger charge is -2.35. The van der Waals surface area contributed by atoms with E-state index in [1.54, 1.807) is 30.3 Å². The largest absolute Gasteiger partial charge is 0.337 e. The van der Waals surface area contributed by atoms with E-state index in [4.69, 9.17) is 34.8 Å². The second-order valence-corrected chi connectivity index (χ2v) is 10.3. The van der Waals surface area contributed by atoms with Gasteiger partial charge in [-0.2, -0.15) is 0 Å². The van der Waals surface area contributed by atoms with E-state index in [1.807, 2.05) is 12.1 Å². The molecule has 0 aliphatic carbocycles. The Morgan fingerprint density at radius 1 is 0.971 bits per heavy atom. The summed E-state index contributed by atoms with van der Waals surface area (Å²) < 4.78 is 13.6. The minimum Gasteiger partial charge on any atom is -0.337 e. The summed E-state index contributed by atoms with van der Waals surface area (Å²) >= 11 is 18.0. The molecule has 1 aliphatic heterocycles. The average molecular weight is 535 g/mol. The first kappa shape index (κ1) is 25.8. The minimum absolute atomic E-state index is 0.104. The van der Waals surface area contributed by atoms with E-state index >= 15 is 0 Å². The standard InChI is InChI=1S/C27H27Cl3FN3O/c1-34-10-8-19(9-11-34)24(16-32-27(35)33-23-14-21(28)13-22(29)15-23)18-4-2-17(3-5-18)20-6-7-26(31)25(30)12-20/h2-7,12-15,19,24H,8-11,16H2,1H3,(H2,32,33,35). The number of benzene rings is 3. The van der Waals surface area contributed by atoms with Crippen molar-refractivity contribution in [2.75, 3.05) is 32.0 Å². The zero-order valence-electron chi connectivity index (χ0n) is 19.3. The van der Waals surface area contributed by atoms with Crippen molar-refractivity contribution in [1.82, 2.24) is 10.2 Å². The fourth-order valence-electron chi connectivity index (χ4n) is 4.59. The molecule has 1 saturated heterocycles. The smallest absolute Gasteiger partial charge is 0.319 e. The van der Waals surface area contributed by atoms with Gasteiger partial charge in [0.15, 0.2) is 0 Å². The summed E-state index contributed by atoms with van der Waals surface area (Å²) in [5.41, 5.74) is 3.51. The number of likely N-dealkylation sites (tertiary alicyclic amines) is 1. The maximum absolute atomic E-state index is 13.6. The summed E-state index contributed by atoms with van der Waals surface area (Å²) in [6, 6.07) is 17.6. The SMILES string of the molecule is CN1CCC(C(CNC(=O)Nc2cc(Cl)cc(Cl)c2)c2ccc(-c3ccc(F)c(Cl)c3)cc2)CC1. The van der Waals surface area contributed by atoms with E-state index in [1.165, 1.54) is 6.07 Å². The van der Waals surface area contributed by atoms with E-state index in [-0.39, 0.29) is 17.0 Å². The molecule has 4 rings (SSSR count). The van der Waals surface area contributed by atoms with Gasteiger partial charge in [0.1, 0.15) is 5.82 Å². The summed E-state index contributed by atoms with van der Waals surface area (Å²) in [6.07, 6.45) is 2.12. The number of anilines is 1. The fourth-order valence-corrected chi connectivity index (χ4v) is 5.30. The first-order valence-electron chi connectivity index (χ1n) is 11.5. The van der Waals surface area contributed by atoms with E-state index in [0.717, 1.165) is 42.6 Å². The number of hydrogen-bond donors (Lipinski definition) is 2. The molecule has 0 saturated carbocycles. The molecule has 2 N–H and O–H groups in total. The van der Waals surface area contributed by atoms with Crippen molar-refractivity contribution in [3.8, 4) is 11.1 Å². The molecule has 1 heterocycles. The number of halogens is 4. The van der Waals surface area contributed by atoms with Crippen LogP contribution in [0.5, 0.6) is 0 Å². The van der Waals surface area contributed by atoms with E-state index in [9.17, 15) is 9.18 Å². The molecule has 184 valence electrons. The van der Waals surface area contributed by atoms with Crippen LogP contribution in [0.3, 0.4) is 0 Å². The predicted octanol–water partition coefficient (Wildman–Crippen LogP) is 7.70. The molecule has 1 aliphatic rings. The highest BCUT2D eigenvalue weighted by molar-refractivity contribution is 6.35. The van der Waals surface area contributed by atoms with Crippen LogP contribution < -0.4 is 10.6 Å². The van der Waals surface area contributed by atoms with Crippen molar-refractivity contribution in [2.24, 2.45) is 5.92 Å². The second kappa shape index (κ2) is 11.6. The van der Waals surface area contributed by atoms with Crippen molar-refractivity contribution in [2.45, 2.75) is 18.8 Å². The van der Waals surface area contributed by atoms with Gasteiger partial charge in [0.25, 0.3) is 0 Å². The highest BCUT2D eigenvalue weighted by Gasteiger charge is 2.27. The van der Waals surface area contributed by atoms with Crippen molar-refractivity contribution in [1.29, 1.82) is 0 Å². The Bertz CT molecular complexity index is 1160. The fraction of sp³-hybridized carbons (Fsp3) is 0.296. The van der Waals surface area contributed by atoms with Crippen LogP contribution in [0, 0.1) is 11.7 Å². The number of urea groups is 1. The molecule has 35 heavy (non-hydrogen) atoms. The van der Waals surface area contributed by atoms with E-state index in [0.29, 0.717) is 28.2 Å². The molecule has 0 bridgehead atoms. The molecule has 0 aromatic heterocycles. The molecular weight excluding hydrogens is 508 g/mol. The van der Waals surface area contributed by atoms with Crippen LogP contribution in [0.1, 0.15) is 24.3 Å². The molecule has 1 atom stereocenters. The van der Waals surface area contributed by atoms with Gasteiger partial charge >= 0.3 is 6.03 Å². The topological polar surface area (TPSA) is 44.4 Å². The minimum atomic E-state index is -0.432. The Hall–Kier alpha value is -2.31. The summed E-state index contributed by atoms with van der Waals surface area (Å²) in [5.74, 6) is 0.167. The number of nitrogens with zero attached hydrogens (tertiary/aromatic N) is 1. The van der Waals surface area contributed by atoms with Crippen LogP contribution >= 0.6 is 34.8 Å². The van der Waals surface area contributed by atoms with Gasteiger partial charge in [0.2, 0.25) is 0 Å².